The van der Waals surface area contributed by atoms with Crippen molar-refractivity contribution in [1.29, 1.82) is 0 Å². The van der Waals surface area contributed by atoms with Gasteiger partial charge in [0, 0.05) is 0 Å². The summed E-state index contributed by atoms with van der Waals surface area (Å²) >= 11 is 0. The van der Waals surface area contributed by atoms with E-state index >= 15 is 0 Å². The van der Waals surface area contributed by atoms with E-state index < -0.39 is 7.82 Å². The van der Waals surface area contributed by atoms with E-state index in [2.05, 4.69) is 0 Å². The second-order valence-electron chi connectivity index (χ2n) is 9.25. The third-order valence-electron chi connectivity index (χ3n) is 5.49. The van der Waals surface area contributed by atoms with Crippen molar-refractivity contribution in [3.05, 3.63) is 0 Å². The molecule has 1 aliphatic rings. The van der Waals surface area contributed by atoms with Crippen molar-refractivity contribution in [3.63, 3.8) is 0 Å². The fourth-order valence-corrected chi connectivity index (χ4v) is 4.44. The third-order valence-corrected chi connectivity index (χ3v) is 6.49. The van der Waals surface area contributed by atoms with Crippen molar-refractivity contribution in [2.45, 2.75) is 89.9 Å². The maximum Gasteiger partial charge on any atom is 0.268 e. The molecule has 0 aliphatic heterocycles. The van der Waals surface area contributed by atoms with Crippen LogP contribution in [0.2, 0.25) is 0 Å². The fourth-order valence-electron chi connectivity index (χ4n) is 3.71. The summed E-state index contributed by atoms with van der Waals surface area (Å²) in [7, 11) is 1.86. The molecule has 5 nitrogen and oxygen atoms in total. The zero-order valence-corrected chi connectivity index (χ0v) is 19.0. The Morgan fingerprint density at radius 3 is 1.81 bits per heavy atom. The second-order valence-corrected chi connectivity index (χ2v) is 10.7. The van der Waals surface area contributed by atoms with Crippen LogP contribution in [-0.4, -0.2) is 45.4 Å². The molecule has 0 radical (unpaired) electrons. The van der Waals surface area contributed by atoms with Crippen molar-refractivity contribution >= 4 is 7.82 Å². The molecule has 1 fully saturated rings. The topological polar surface area (TPSA) is 58.6 Å². The van der Waals surface area contributed by atoms with Crippen LogP contribution in [0.5, 0.6) is 0 Å². The molecular formula is C21H44NO4P. The predicted octanol–water partition coefficient (Wildman–Crippen LogP) is 5.29. The molecule has 0 aromatic heterocycles. The van der Waals surface area contributed by atoms with Gasteiger partial charge in [0.2, 0.25) is 0 Å². The molecule has 162 valence electrons. The van der Waals surface area contributed by atoms with Crippen molar-refractivity contribution in [2.75, 3.05) is 40.9 Å². The zero-order valence-electron chi connectivity index (χ0n) is 18.1. The summed E-state index contributed by atoms with van der Waals surface area (Å²) in [6.45, 7) is 1.06. The lowest BCUT2D eigenvalue weighted by molar-refractivity contribution is -0.870. The Labute approximate surface area is 168 Å². The van der Waals surface area contributed by atoms with E-state index in [1.54, 1.807) is 0 Å². The third kappa shape index (κ3) is 15.6. The van der Waals surface area contributed by atoms with Crippen LogP contribution in [0.15, 0.2) is 0 Å². The van der Waals surface area contributed by atoms with E-state index in [1.165, 1.54) is 77.0 Å². The van der Waals surface area contributed by atoms with E-state index in [-0.39, 0.29) is 13.2 Å². The Kier molecular flexibility index (Phi) is 13.1. The van der Waals surface area contributed by atoms with E-state index in [1.807, 2.05) is 21.1 Å². The summed E-state index contributed by atoms with van der Waals surface area (Å²) in [4.78, 5) is 11.8. The molecule has 1 aliphatic carbocycles. The molecule has 1 atom stereocenters. The minimum absolute atomic E-state index is 0.173. The van der Waals surface area contributed by atoms with Crippen LogP contribution in [0, 0.1) is 5.92 Å². The molecule has 0 saturated heterocycles. The lowest BCUT2D eigenvalue weighted by atomic mass is 9.89. The molecule has 0 N–H and O–H groups in total. The van der Waals surface area contributed by atoms with Gasteiger partial charge in [-0.1, -0.05) is 83.5 Å². The van der Waals surface area contributed by atoms with Gasteiger partial charge in [-0.25, -0.2) is 0 Å². The number of unbranched alkanes of at least 4 members (excludes halogenated alkanes) is 1. The van der Waals surface area contributed by atoms with Gasteiger partial charge in [-0.2, -0.15) is 0 Å². The summed E-state index contributed by atoms with van der Waals surface area (Å²) in [6.07, 6.45) is 18.2. The first-order chi connectivity index (χ1) is 12.8. The van der Waals surface area contributed by atoms with Crippen molar-refractivity contribution in [1.82, 2.24) is 0 Å². The van der Waals surface area contributed by atoms with E-state index in [4.69, 9.17) is 9.05 Å². The molecule has 0 bridgehead atoms. The van der Waals surface area contributed by atoms with Gasteiger partial charge < -0.3 is 18.4 Å². The molecule has 1 rings (SSSR count). The minimum atomic E-state index is -4.14. The Hall–Kier alpha value is 0.0700. The maximum atomic E-state index is 11.8. The van der Waals surface area contributed by atoms with Gasteiger partial charge in [0.25, 0.3) is 7.82 Å². The van der Waals surface area contributed by atoms with Crippen LogP contribution in [0.1, 0.15) is 89.9 Å². The highest BCUT2D eigenvalue weighted by Gasteiger charge is 2.14. The average Bonchev–Trinajstić information content (AvgIpc) is 2.55. The number of hydrogen-bond donors (Lipinski definition) is 0. The molecule has 0 aromatic rings. The molecule has 6 heteroatoms. The van der Waals surface area contributed by atoms with Crippen LogP contribution < -0.4 is 4.89 Å². The lowest BCUT2D eigenvalue weighted by Gasteiger charge is -2.27. The molecule has 1 unspecified atom stereocenters. The van der Waals surface area contributed by atoms with Crippen molar-refractivity contribution in [2.24, 2.45) is 5.92 Å². The molecule has 1 saturated carbocycles. The Morgan fingerprint density at radius 2 is 1.30 bits per heavy atom. The van der Waals surface area contributed by atoms with Crippen molar-refractivity contribution in [3.8, 4) is 0 Å². The number of rotatable bonds is 10. The Morgan fingerprint density at radius 1 is 0.815 bits per heavy atom. The highest BCUT2D eigenvalue weighted by atomic mass is 31.2. The Balaban J connectivity index is 2.15. The van der Waals surface area contributed by atoms with Gasteiger partial charge in [-0.15, -0.1) is 0 Å². The van der Waals surface area contributed by atoms with Crippen molar-refractivity contribution < 1.29 is 23.0 Å². The summed E-state index contributed by atoms with van der Waals surface area (Å²) in [5.41, 5.74) is 0. The molecule has 0 aromatic carbocycles. The predicted molar refractivity (Wildman–Crippen MR) is 111 cm³/mol. The van der Waals surface area contributed by atoms with Gasteiger partial charge in [-0.05, 0) is 12.3 Å². The number of quaternary nitrogens is 1. The normalized spacial score (nSPS) is 21.2. The summed E-state index contributed by atoms with van der Waals surface area (Å²) < 4.78 is 22.4. The SMILES string of the molecule is C[N+](C)(C)CCOP(=O)([O-])OCCCCC1CCCCCCCCCCC1. The van der Waals surface area contributed by atoms with Gasteiger partial charge in [0.15, 0.2) is 0 Å². The quantitative estimate of drug-likeness (QED) is 0.282. The molecule has 0 spiro atoms. The van der Waals surface area contributed by atoms with Gasteiger partial charge in [0.05, 0.1) is 27.7 Å². The minimum Gasteiger partial charge on any atom is -0.756 e. The van der Waals surface area contributed by atoms with E-state index in [0.717, 1.165) is 18.8 Å². The fraction of sp³-hybridized carbons (Fsp3) is 1.00. The largest absolute Gasteiger partial charge is 0.756 e. The van der Waals surface area contributed by atoms with Crippen LogP contribution in [0.3, 0.4) is 0 Å². The first-order valence-corrected chi connectivity index (χ1v) is 12.7. The van der Waals surface area contributed by atoms with Crippen LogP contribution in [0.25, 0.3) is 0 Å². The standard InChI is InChI=1S/C21H44NO4P/c1-22(2,3)18-20-26-27(23,24)25-19-14-13-17-21-15-11-9-7-5-4-6-8-10-12-16-21/h21H,4-20H2,1-3H3. The smallest absolute Gasteiger partial charge is 0.268 e. The summed E-state index contributed by atoms with van der Waals surface area (Å²) in [5, 5.41) is 0. The monoisotopic (exact) mass is 405 g/mol. The van der Waals surface area contributed by atoms with Crippen LogP contribution in [0.4, 0.5) is 0 Å². The van der Waals surface area contributed by atoms with Gasteiger partial charge in [-0.3, -0.25) is 4.57 Å². The zero-order chi connectivity index (χ0) is 20.0. The second kappa shape index (κ2) is 14.1. The van der Waals surface area contributed by atoms with Crippen LogP contribution >= 0.6 is 7.82 Å². The summed E-state index contributed by atoms with van der Waals surface area (Å²) in [6, 6.07) is 0. The highest BCUT2D eigenvalue weighted by molar-refractivity contribution is 7.45. The number of nitrogens with zero attached hydrogens (tertiary/aromatic N) is 1. The number of phosphoric ester groups is 1. The van der Waals surface area contributed by atoms with Crippen LogP contribution in [-0.2, 0) is 13.6 Å². The van der Waals surface area contributed by atoms with Gasteiger partial charge in [0.1, 0.15) is 13.2 Å². The Bertz CT molecular complexity index is 399. The lowest BCUT2D eigenvalue weighted by Crippen LogP contribution is -2.37. The molecule has 0 heterocycles. The highest BCUT2D eigenvalue weighted by Crippen LogP contribution is 2.38. The number of hydrogen-bond acceptors (Lipinski definition) is 4. The maximum absolute atomic E-state index is 11.8. The molecule has 27 heavy (non-hydrogen) atoms. The van der Waals surface area contributed by atoms with Gasteiger partial charge >= 0.3 is 0 Å². The number of phosphoric acid groups is 1. The van der Waals surface area contributed by atoms with E-state index in [0.29, 0.717) is 11.0 Å². The van der Waals surface area contributed by atoms with E-state index in [9.17, 15) is 9.46 Å². The summed E-state index contributed by atoms with van der Waals surface area (Å²) in [5.74, 6) is 0.810. The first-order valence-electron chi connectivity index (χ1n) is 11.2. The number of likely N-dealkylation sites (N-methyl/N-ethyl adjacent to an activating group) is 1. The molecule has 0 amide bonds. The molecular weight excluding hydrogens is 361 g/mol. The first kappa shape index (κ1) is 25.1. The average molecular weight is 406 g/mol.